The Kier molecular flexibility index (Phi) is 4.97. The fourth-order valence-electron chi connectivity index (χ4n) is 1.21. The van der Waals surface area contributed by atoms with E-state index < -0.39 is 11.4 Å². The van der Waals surface area contributed by atoms with Gasteiger partial charge in [-0.25, -0.2) is 0 Å². The third kappa shape index (κ3) is 4.36. The van der Waals surface area contributed by atoms with Crippen molar-refractivity contribution < 1.29 is 4.55 Å². The summed E-state index contributed by atoms with van der Waals surface area (Å²) in [4.78, 5) is 0. The summed E-state index contributed by atoms with van der Waals surface area (Å²) >= 11 is -1.23. The predicted molar refractivity (Wildman–Crippen MR) is 75.7 cm³/mol. The van der Waals surface area contributed by atoms with Crippen LogP contribution < -0.4 is 0 Å². The normalized spacial score (nSPS) is 14.5. The van der Waals surface area contributed by atoms with Gasteiger partial charge < -0.3 is 4.55 Å². The minimum absolute atomic E-state index is 0.332. The molecule has 0 unspecified atom stereocenters. The zero-order valence-electron chi connectivity index (χ0n) is 10.6. The second kappa shape index (κ2) is 6.03. The molecule has 3 heteroatoms. The minimum Gasteiger partial charge on any atom is -0.591 e. The van der Waals surface area contributed by atoms with Crippen molar-refractivity contribution in [3.8, 4) is 0 Å². The first-order valence-electron chi connectivity index (χ1n) is 5.61. The van der Waals surface area contributed by atoms with Gasteiger partial charge in [0.05, 0.1) is 0 Å². The van der Waals surface area contributed by atoms with Crippen LogP contribution in [0, 0.1) is 0 Å². The first kappa shape index (κ1) is 14.0. The molecule has 92 valence electrons. The van der Waals surface area contributed by atoms with Crippen molar-refractivity contribution in [1.82, 2.24) is 0 Å². The molecule has 17 heavy (non-hydrogen) atoms. The molecule has 0 N–H and O–H groups in total. The Balaban J connectivity index is 3.02. The summed E-state index contributed by atoms with van der Waals surface area (Å²) in [5.41, 5.74) is 1.83. The molecule has 0 radical (unpaired) electrons. The highest BCUT2D eigenvalue weighted by Gasteiger charge is 2.27. The molecule has 0 aliphatic rings. The fourth-order valence-corrected chi connectivity index (χ4v) is 1.87. The summed E-state index contributed by atoms with van der Waals surface area (Å²) in [6.07, 6.45) is 2.41. The van der Waals surface area contributed by atoms with E-state index in [1.807, 2.05) is 51.1 Å². The molecule has 0 heterocycles. The van der Waals surface area contributed by atoms with Crippen LogP contribution in [0.25, 0.3) is 0 Å². The third-order valence-corrected chi connectivity index (χ3v) is 3.60. The third-order valence-electron chi connectivity index (χ3n) is 2.16. The van der Waals surface area contributed by atoms with Gasteiger partial charge in [-0.2, -0.15) is 0 Å². The highest BCUT2D eigenvalue weighted by molar-refractivity contribution is 7.91. The number of rotatable bonds is 4. The van der Waals surface area contributed by atoms with Gasteiger partial charge in [-0.1, -0.05) is 40.8 Å². The van der Waals surface area contributed by atoms with Gasteiger partial charge >= 0.3 is 0 Å². The van der Waals surface area contributed by atoms with Crippen LogP contribution in [0.4, 0.5) is 0 Å². The molecular formula is C14H19NOS. The molecule has 1 atom stereocenters. The smallest absolute Gasteiger partial charge is 0.144 e. The summed E-state index contributed by atoms with van der Waals surface area (Å²) in [5, 5.41) is 0. The Hall–Kier alpha value is -1.06. The Morgan fingerprint density at radius 2 is 1.94 bits per heavy atom. The molecule has 1 aromatic rings. The zero-order chi connectivity index (χ0) is 12.9. The lowest BCUT2D eigenvalue weighted by Gasteiger charge is -2.19. The highest BCUT2D eigenvalue weighted by atomic mass is 32.2. The van der Waals surface area contributed by atoms with Gasteiger partial charge in [0, 0.05) is 12.0 Å². The van der Waals surface area contributed by atoms with Crippen LogP contribution in [0.5, 0.6) is 0 Å². The molecular weight excluding hydrogens is 230 g/mol. The molecule has 0 saturated carbocycles. The van der Waals surface area contributed by atoms with Crippen molar-refractivity contribution in [1.29, 1.82) is 0 Å². The zero-order valence-corrected chi connectivity index (χ0v) is 11.5. The maximum absolute atomic E-state index is 12.0. The Morgan fingerprint density at radius 3 is 2.41 bits per heavy atom. The van der Waals surface area contributed by atoms with E-state index in [4.69, 9.17) is 0 Å². The average Bonchev–Trinajstić information content (AvgIpc) is 2.28. The molecule has 0 aliphatic heterocycles. The van der Waals surface area contributed by atoms with E-state index in [1.54, 1.807) is 6.08 Å². The summed E-state index contributed by atoms with van der Waals surface area (Å²) < 4.78 is 16.0. The monoisotopic (exact) mass is 249 g/mol. The van der Waals surface area contributed by atoms with Crippen LogP contribution in [-0.2, 0) is 11.4 Å². The van der Waals surface area contributed by atoms with Crippen LogP contribution in [-0.4, -0.2) is 15.0 Å². The molecule has 0 aromatic heterocycles. The van der Waals surface area contributed by atoms with Gasteiger partial charge in [-0.15, -0.1) is 6.58 Å². The van der Waals surface area contributed by atoms with Crippen molar-refractivity contribution in [2.75, 3.05) is 0 Å². The molecule has 2 nitrogen and oxygen atoms in total. The van der Waals surface area contributed by atoms with E-state index in [9.17, 15) is 4.55 Å². The van der Waals surface area contributed by atoms with E-state index in [1.165, 1.54) is 0 Å². The maximum atomic E-state index is 12.0. The van der Waals surface area contributed by atoms with E-state index in [-0.39, 0.29) is 4.75 Å². The molecule has 1 aromatic carbocycles. The first-order chi connectivity index (χ1) is 7.95. The van der Waals surface area contributed by atoms with Crippen LogP contribution >= 0.6 is 0 Å². The van der Waals surface area contributed by atoms with Crippen molar-refractivity contribution >= 4 is 17.1 Å². The van der Waals surface area contributed by atoms with Gasteiger partial charge in [0.1, 0.15) is 21.8 Å². The average molecular weight is 249 g/mol. The van der Waals surface area contributed by atoms with Crippen molar-refractivity contribution in [3.63, 3.8) is 0 Å². The van der Waals surface area contributed by atoms with Crippen LogP contribution in [0.2, 0.25) is 0 Å². The van der Waals surface area contributed by atoms with Crippen LogP contribution in [0.15, 0.2) is 47.4 Å². The Bertz CT molecular complexity index is 392. The van der Waals surface area contributed by atoms with Gasteiger partial charge in [0.25, 0.3) is 0 Å². The number of hydrogen-bond donors (Lipinski definition) is 0. The molecule has 0 fully saturated rings. The Morgan fingerprint density at radius 1 is 1.35 bits per heavy atom. The number of nitrogens with zero attached hydrogens (tertiary/aromatic N) is 1. The number of benzene rings is 1. The SMILES string of the molecule is C=CC/C(=N\[S@@+]([O-])C(C)(C)C)c1ccccc1. The van der Waals surface area contributed by atoms with Crippen molar-refractivity contribution in [3.05, 3.63) is 48.6 Å². The topological polar surface area (TPSA) is 35.4 Å². The van der Waals surface area contributed by atoms with Gasteiger partial charge in [0.15, 0.2) is 0 Å². The van der Waals surface area contributed by atoms with E-state index >= 15 is 0 Å². The molecule has 0 aliphatic carbocycles. The molecule has 1 rings (SSSR count). The van der Waals surface area contributed by atoms with E-state index in [2.05, 4.69) is 11.0 Å². The van der Waals surface area contributed by atoms with Gasteiger partial charge in [0.2, 0.25) is 0 Å². The quantitative estimate of drug-likeness (QED) is 0.457. The van der Waals surface area contributed by atoms with Crippen LogP contribution in [0.1, 0.15) is 32.8 Å². The Labute approximate surface area is 107 Å². The summed E-state index contributed by atoms with van der Waals surface area (Å²) in [6, 6.07) is 9.81. The number of hydrogen-bond acceptors (Lipinski definition) is 2. The predicted octanol–water partition coefficient (Wildman–Crippen LogP) is 3.51. The maximum Gasteiger partial charge on any atom is 0.144 e. The highest BCUT2D eigenvalue weighted by Crippen LogP contribution is 2.19. The second-order valence-corrected chi connectivity index (χ2v) is 6.66. The summed E-state index contributed by atoms with van der Waals surface area (Å²) in [6.45, 7) is 9.47. The standard InChI is InChI=1S/C14H19NOS/c1-5-9-13(12-10-7-6-8-11-12)15-17(16)14(2,3)4/h5-8,10-11H,1,9H2,2-4H3/b15-13+/t17-/m0/s1. The summed E-state index contributed by atoms with van der Waals surface area (Å²) in [5.74, 6) is 0. The first-order valence-corrected chi connectivity index (χ1v) is 6.71. The van der Waals surface area contributed by atoms with E-state index in [0.717, 1.165) is 11.3 Å². The van der Waals surface area contributed by atoms with Gasteiger partial charge in [-0.05, 0) is 20.8 Å². The van der Waals surface area contributed by atoms with Gasteiger partial charge in [-0.3, -0.25) is 0 Å². The van der Waals surface area contributed by atoms with E-state index in [0.29, 0.717) is 6.42 Å². The molecule has 0 amide bonds. The minimum atomic E-state index is -1.23. The second-order valence-electron chi connectivity index (χ2n) is 4.76. The molecule has 0 saturated heterocycles. The lowest BCUT2D eigenvalue weighted by molar-refractivity contribution is 0.561. The van der Waals surface area contributed by atoms with Crippen LogP contribution in [0.3, 0.4) is 0 Å². The molecule has 0 bridgehead atoms. The molecule has 0 spiro atoms. The van der Waals surface area contributed by atoms with Crippen molar-refractivity contribution in [2.45, 2.75) is 31.9 Å². The lowest BCUT2D eigenvalue weighted by atomic mass is 10.1. The van der Waals surface area contributed by atoms with Crippen molar-refractivity contribution in [2.24, 2.45) is 4.40 Å². The summed E-state index contributed by atoms with van der Waals surface area (Å²) in [7, 11) is 0. The number of allylic oxidation sites excluding steroid dienone is 1. The lowest BCUT2D eigenvalue weighted by Crippen LogP contribution is -2.27. The largest absolute Gasteiger partial charge is 0.591 e. The fraction of sp³-hybridized carbons (Fsp3) is 0.357.